The van der Waals surface area contributed by atoms with Crippen molar-refractivity contribution in [1.29, 1.82) is 0 Å². The van der Waals surface area contributed by atoms with E-state index in [1.807, 2.05) is 0 Å². The van der Waals surface area contributed by atoms with Crippen LogP contribution in [0.3, 0.4) is 0 Å². The Bertz CT molecular complexity index is 743. The van der Waals surface area contributed by atoms with Gasteiger partial charge in [0.1, 0.15) is 5.82 Å². The van der Waals surface area contributed by atoms with E-state index in [1.165, 1.54) is 16.8 Å². The van der Waals surface area contributed by atoms with Crippen molar-refractivity contribution in [3.63, 3.8) is 0 Å². The molecule has 0 bridgehead atoms. The number of aromatic nitrogens is 4. The minimum absolute atomic E-state index is 0.134. The van der Waals surface area contributed by atoms with Gasteiger partial charge in [0, 0.05) is 31.4 Å². The van der Waals surface area contributed by atoms with E-state index in [4.69, 9.17) is 5.11 Å². The number of carboxylic acids is 1. The van der Waals surface area contributed by atoms with E-state index < -0.39 is 17.8 Å². The average molecular weight is 327 g/mol. The number of nitrogens with zero attached hydrogens (tertiary/aromatic N) is 4. The first-order chi connectivity index (χ1) is 10.8. The molecule has 2 aromatic rings. The molecule has 0 spiro atoms. The zero-order valence-electron chi connectivity index (χ0n) is 11.7. The molecule has 0 aliphatic carbocycles. The van der Waals surface area contributed by atoms with Crippen molar-refractivity contribution < 1.29 is 23.1 Å². The highest BCUT2D eigenvalue weighted by atomic mass is 19.4. The molecule has 0 saturated carbocycles. The third-order valence-electron chi connectivity index (χ3n) is 3.49. The van der Waals surface area contributed by atoms with E-state index in [1.54, 1.807) is 0 Å². The predicted octanol–water partition coefficient (Wildman–Crippen LogP) is 1.82. The van der Waals surface area contributed by atoms with Crippen LogP contribution in [-0.4, -0.2) is 36.6 Å². The summed E-state index contributed by atoms with van der Waals surface area (Å²) in [5.74, 6) is -0.657. The van der Waals surface area contributed by atoms with Gasteiger partial charge in [0.15, 0.2) is 11.4 Å². The summed E-state index contributed by atoms with van der Waals surface area (Å²) in [6.07, 6.45) is -1.24. The van der Waals surface area contributed by atoms with Crippen LogP contribution < -0.4 is 5.32 Å². The molecular weight excluding hydrogens is 315 g/mol. The van der Waals surface area contributed by atoms with Crippen molar-refractivity contribution in [3.8, 4) is 0 Å². The minimum Gasteiger partial charge on any atom is -0.477 e. The van der Waals surface area contributed by atoms with Crippen LogP contribution in [0.4, 0.5) is 19.1 Å². The van der Waals surface area contributed by atoms with Crippen LogP contribution >= 0.6 is 0 Å². The number of aromatic carboxylic acids is 1. The summed E-state index contributed by atoms with van der Waals surface area (Å²) in [5, 5.41) is 11.8. The Morgan fingerprint density at radius 3 is 2.87 bits per heavy atom. The van der Waals surface area contributed by atoms with Gasteiger partial charge in [-0.25, -0.2) is 19.7 Å². The van der Waals surface area contributed by atoms with Crippen molar-refractivity contribution >= 4 is 11.9 Å². The molecule has 3 rings (SSSR count). The molecule has 0 aromatic carbocycles. The van der Waals surface area contributed by atoms with Crippen LogP contribution in [0.15, 0.2) is 18.5 Å². The maximum absolute atomic E-state index is 12.7. The summed E-state index contributed by atoms with van der Waals surface area (Å²) in [5.41, 5.74) is -1.06. The van der Waals surface area contributed by atoms with Crippen molar-refractivity contribution in [2.24, 2.45) is 0 Å². The first-order valence-corrected chi connectivity index (χ1v) is 6.79. The number of alkyl halides is 3. The van der Waals surface area contributed by atoms with Gasteiger partial charge in [-0.05, 0) is 12.5 Å². The Morgan fingerprint density at radius 2 is 2.17 bits per heavy atom. The van der Waals surface area contributed by atoms with Gasteiger partial charge in [-0.3, -0.25) is 0 Å². The van der Waals surface area contributed by atoms with Gasteiger partial charge < -0.3 is 15.0 Å². The predicted molar refractivity (Wildman–Crippen MR) is 72.0 cm³/mol. The number of anilines is 1. The fourth-order valence-corrected chi connectivity index (χ4v) is 2.43. The number of nitrogens with one attached hydrogen (secondary N) is 1. The molecule has 0 fully saturated rings. The van der Waals surface area contributed by atoms with Crippen molar-refractivity contribution in [1.82, 2.24) is 19.5 Å². The third kappa shape index (κ3) is 3.25. The Morgan fingerprint density at radius 1 is 1.39 bits per heavy atom. The molecule has 3 heterocycles. The fourth-order valence-electron chi connectivity index (χ4n) is 2.43. The van der Waals surface area contributed by atoms with E-state index in [0.717, 1.165) is 6.20 Å². The van der Waals surface area contributed by atoms with E-state index in [0.29, 0.717) is 18.7 Å². The standard InChI is InChI=1S/C13H12F3N5O2/c14-13(15,16)9-6-21-5-7(1-2-10(21)20-9)18-12-17-4-3-8(19-12)11(22)23/h3-4,6-7H,1-2,5H2,(H,22,23)(H,17,18,19). The summed E-state index contributed by atoms with van der Waals surface area (Å²) < 4.78 is 39.5. The van der Waals surface area contributed by atoms with Gasteiger partial charge in [-0.1, -0.05) is 0 Å². The molecule has 1 unspecified atom stereocenters. The number of rotatable bonds is 3. The number of carbonyl (C=O) groups is 1. The summed E-state index contributed by atoms with van der Waals surface area (Å²) in [6.45, 7) is 0.277. The number of aryl methyl sites for hydroxylation is 1. The molecule has 23 heavy (non-hydrogen) atoms. The van der Waals surface area contributed by atoms with Gasteiger partial charge >= 0.3 is 12.1 Å². The van der Waals surface area contributed by atoms with Gasteiger partial charge in [0.2, 0.25) is 5.95 Å². The molecular formula is C13H12F3N5O2. The van der Waals surface area contributed by atoms with Crippen LogP contribution in [-0.2, 0) is 19.1 Å². The lowest BCUT2D eigenvalue weighted by Crippen LogP contribution is -2.31. The third-order valence-corrected chi connectivity index (χ3v) is 3.49. The van der Waals surface area contributed by atoms with Crippen LogP contribution in [0.5, 0.6) is 0 Å². The van der Waals surface area contributed by atoms with E-state index in [9.17, 15) is 18.0 Å². The molecule has 1 aliphatic rings. The molecule has 122 valence electrons. The Balaban J connectivity index is 1.74. The van der Waals surface area contributed by atoms with E-state index in [2.05, 4.69) is 20.3 Å². The van der Waals surface area contributed by atoms with Gasteiger partial charge in [0.05, 0.1) is 0 Å². The molecule has 2 N–H and O–H groups in total. The second kappa shape index (κ2) is 5.52. The highest BCUT2D eigenvalue weighted by Gasteiger charge is 2.35. The normalized spacial score (nSPS) is 17.6. The molecule has 1 aliphatic heterocycles. The molecule has 0 saturated heterocycles. The largest absolute Gasteiger partial charge is 0.477 e. The number of imidazole rings is 1. The molecule has 7 nitrogen and oxygen atoms in total. The van der Waals surface area contributed by atoms with Gasteiger partial charge in [0.25, 0.3) is 0 Å². The number of carboxylic acid groups (broad SMARTS) is 1. The first kappa shape index (κ1) is 15.3. The number of hydrogen-bond acceptors (Lipinski definition) is 5. The summed E-state index contributed by atoms with van der Waals surface area (Å²) in [6, 6.07) is 1.06. The highest BCUT2D eigenvalue weighted by molar-refractivity contribution is 5.85. The first-order valence-electron chi connectivity index (χ1n) is 6.79. The Labute approximate surface area is 128 Å². The van der Waals surface area contributed by atoms with Crippen LogP contribution in [0.2, 0.25) is 0 Å². The lowest BCUT2D eigenvalue weighted by molar-refractivity contribution is -0.141. The lowest BCUT2D eigenvalue weighted by Gasteiger charge is -2.24. The van der Waals surface area contributed by atoms with Gasteiger partial charge in [-0.2, -0.15) is 13.2 Å². The molecule has 2 aromatic heterocycles. The summed E-state index contributed by atoms with van der Waals surface area (Å²) >= 11 is 0. The SMILES string of the molecule is O=C(O)c1ccnc(NC2CCc3nc(C(F)(F)F)cn3C2)n1. The van der Waals surface area contributed by atoms with Crippen molar-refractivity contribution in [2.75, 3.05) is 5.32 Å². The number of halogens is 3. The Hall–Kier alpha value is -2.65. The second-order valence-corrected chi connectivity index (χ2v) is 5.14. The fraction of sp³-hybridized carbons (Fsp3) is 0.385. The van der Waals surface area contributed by atoms with Gasteiger partial charge in [-0.15, -0.1) is 0 Å². The molecule has 0 amide bonds. The zero-order chi connectivity index (χ0) is 16.6. The highest BCUT2D eigenvalue weighted by Crippen LogP contribution is 2.30. The Kier molecular flexibility index (Phi) is 3.66. The van der Waals surface area contributed by atoms with Crippen molar-refractivity contribution in [2.45, 2.75) is 31.6 Å². The second-order valence-electron chi connectivity index (χ2n) is 5.14. The molecule has 10 heteroatoms. The maximum Gasteiger partial charge on any atom is 0.434 e. The monoisotopic (exact) mass is 327 g/mol. The quantitative estimate of drug-likeness (QED) is 0.893. The van der Waals surface area contributed by atoms with Crippen LogP contribution in [0.1, 0.15) is 28.4 Å². The lowest BCUT2D eigenvalue weighted by atomic mass is 10.1. The smallest absolute Gasteiger partial charge is 0.434 e. The average Bonchev–Trinajstić information content (AvgIpc) is 2.91. The van der Waals surface area contributed by atoms with E-state index in [-0.39, 0.29) is 24.2 Å². The molecule has 1 atom stereocenters. The van der Waals surface area contributed by atoms with E-state index >= 15 is 0 Å². The molecule has 0 radical (unpaired) electrons. The maximum atomic E-state index is 12.7. The summed E-state index contributed by atoms with van der Waals surface area (Å²) in [4.78, 5) is 22.2. The topological polar surface area (TPSA) is 92.9 Å². The van der Waals surface area contributed by atoms with Crippen LogP contribution in [0, 0.1) is 0 Å². The number of hydrogen-bond donors (Lipinski definition) is 2. The van der Waals surface area contributed by atoms with Crippen LogP contribution in [0.25, 0.3) is 0 Å². The zero-order valence-corrected chi connectivity index (χ0v) is 11.7. The van der Waals surface area contributed by atoms with Crippen molar-refractivity contribution in [3.05, 3.63) is 35.7 Å². The summed E-state index contributed by atoms with van der Waals surface area (Å²) in [7, 11) is 0. The minimum atomic E-state index is -4.47. The number of fused-ring (bicyclic) bond motifs is 1.